The number of ether oxygens (including phenoxy) is 1. The van der Waals surface area contributed by atoms with Crippen LogP contribution in [0.15, 0.2) is 24.3 Å². The number of benzene rings is 1. The Morgan fingerprint density at radius 1 is 1.44 bits per heavy atom. The lowest BCUT2D eigenvalue weighted by Gasteiger charge is -2.25. The zero-order chi connectivity index (χ0) is 12.0. The van der Waals surface area contributed by atoms with E-state index >= 15 is 0 Å². The predicted molar refractivity (Wildman–Crippen MR) is 64.4 cm³/mol. The highest BCUT2D eigenvalue weighted by molar-refractivity contribution is 6.31. The maximum atomic E-state index is 14.7. The molecule has 0 amide bonds. The third kappa shape index (κ3) is 3.17. The molecule has 0 saturated carbocycles. The minimum absolute atomic E-state index is 0.00324. The van der Waals surface area contributed by atoms with Crippen molar-refractivity contribution in [3.05, 3.63) is 34.9 Å². The van der Waals surface area contributed by atoms with Gasteiger partial charge in [-0.2, -0.15) is 0 Å². The monoisotopic (exact) mass is 245 g/mol. The Balaban J connectivity index is 2.96. The number of nitrogens with two attached hydrogens (primary N) is 1. The molecular formula is C12H17ClFNO. The number of halogens is 2. The Labute approximate surface area is 101 Å². The van der Waals surface area contributed by atoms with Gasteiger partial charge in [0.1, 0.15) is 0 Å². The molecule has 0 aliphatic heterocycles. The van der Waals surface area contributed by atoms with Gasteiger partial charge in [0.2, 0.25) is 0 Å². The fraction of sp³-hybridized carbons (Fsp3) is 0.500. The summed E-state index contributed by atoms with van der Waals surface area (Å²) < 4.78 is 19.6. The Hall–Kier alpha value is -0.640. The zero-order valence-corrected chi connectivity index (χ0v) is 10.1. The first-order valence-electron chi connectivity index (χ1n) is 5.27. The average molecular weight is 246 g/mol. The second-order valence-electron chi connectivity index (χ2n) is 3.77. The number of methoxy groups -OCH3 is 1. The molecule has 1 aromatic rings. The van der Waals surface area contributed by atoms with Gasteiger partial charge >= 0.3 is 0 Å². The van der Waals surface area contributed by atoms with Crippen LogP contribution in [0, 0.1) is 0 Å². The number of alkyl halides is 1. The van der Waals surface area contributed by atoms with E-state index in [1.54, 1.807) is 24.3 Å². The van der Waals surface area contributed by atoms with Gasteiger partial charge in [-0.1, -0.05) is 29.8 Å². The number of hydrogen-bond donors (Lipinski definition) is 1. The van der Waals surface area contributed by atoms with E-state index in [2.05, 4.69) is 0 Å². The van der Waals surface area contributed by atoms with Crippen molar-refractivity contribution in [2.45, 2.75) is 18.5 Å². The molecule has 2 N–H and O–H groups in total. The van der Waals surface area contributed by atoms with Crippen LogP contribution in [0.2, 0.25) is 5.02 Å². The Bertz CT molecular complexity index is 335. The molecule has 2 nitrogen and oxygen atoms in total. The normalized spacial score (nSPS) is 14.8. The van der Waals surface area contributed by atoms with Crippen LogP contribution >= 0.6 is 11.6 Å². The predicted octanol–water partition coefficient (Wildman–Crippen LogP) is 2.89. The van der Waals surface area contributed by atoms with Gasteiger partial charge in [0, 0.05) is 17.7 Å². The van der Waals surface area contributed by atoms with E-state index in [-0.39, 0.29) is 6.61 Å². The van der Waals surface area contributed by atoms with Crippen molar-refractivity contribution in [2.24, 2.45) is 5.73 Å². The van der Waals surface area contributed by atoms with Gasteiger partial charge in [0.15, 0.2) is 5.67 Å². The Morgan fingerprint density at radius 2 is 2.12 bits per heavy atom. The summed E-state index contributed by atoms with van der Waals surface area (Å²) in [6, 6.07) is 6.93. The smallest absolute Gasteiger partial charge is 0.160 e. The molecule has 0 aromatic heterocycles. The molecule has 0 radical (unpaired) electrons. The second-order valence-corrected chi connectivity index (χ2v) is 4.18. The Kier molecular flexibility index (Phi) is 5.19. The molecule has 0 spiro atoms. The highest BCUT2D eigenvalue weighted by atomic mass is 35.5. The van der Waals surface area contributed by atoms with Gasteiger partial charge < -0.3 is 10.5 Å². The van der Waals surface area contributed by atoms with Crippen LogP contribution in [0.3, 0.4) is 0 Å². The molecule has 0 fully saturated rings. The van der Waals surface area contributed by atoms with E-state index in [1.807, 2.05) is 0 Å². The fourth-order valence-corrected chi connectivity index (χ4v) is 2.03. The summed E-state index contributed by atoms with van der Waals surface area (Å²) in [5.41, 5.74) is 4.34. The van der Waals surface area contributed by atoms with Crippen molar-refractivity contribution in [1.82, 2.24) is 0 Å². The minimum atomic E-state index is -1.55. The summed E-state index contributed by atoms with van der Waals surface area (Å²) in [7, 11) is 1.48. The third-order valence-corrected chi connectivity index (χ3v) is 2.84. The lowest BCUT2D eigenvalue weighted by atomic mass is 9.91. The van der Waals surface area contributed by atoms with Crippen molar-refractivity contribution in [1.29, 1.82) is 0 Å². The van der Waals surface area contributed by atoms with Crippen LogP contribution in [0.4, 0.5) is 4.39 Å². The molecule has 4 heteroatoms. The fourth-order valence-electron chi connectivity index (χ4n) is 1.72. The topological polar surface area (TPSA) is 35.2 Å². The van der Waals surface area contributed by atoms with Crippen LogP contribution in [-0.4, -0.2) is 20.3 Å². The van der Waals surface area contributed by atoms with E-state index in [9.17, 15) is 4.39 Å². The summed E-state index contributed by atoms with van der Waals surface area (Å²) in [6.07, 6.45) is 0.923. The van der Waals surface area contributed by atoms with Crippen molar-refractivity contribution in [2.75, 3.05) is 20.3 Å². The van der Waals surface area contributed by atoms with E-state index in [0.29, 0.717) is 30.0 Å². The van der Waals surface area contributed by atoms with Crippen LogP contribution < -0.4 is 5.73 Å². The molecule has 0 aliphatic rings. The quantitative estimate of drug-likeness (QED) is 0.837. The van der Waals surface area contributed by atoms with Gasteiger partial charge in [-0.15, -0.1) is 0 Å². The zero-order valence-electron chi connectivity index (χ0n) is 9.38. The van der Waals surface area contributed by atoms with E-state index in [0.717, 1.165) is 0 Å². The molecule has 16 heavy (non-hydrogen) atoms. The summed E-state index contributed by atoms with van der Waals surface area (Å²) in [5.74, 6) is 0. The molecule has 1 unspecified atom stereocenters. The van der Waals surface area contributed by atoms with Crippen molar-refractivity contribution in [3.8, 4) is 0 Å². The first kappa shape index (κ1) is 13.4. The lowest BCUT2D eigenvalue weighted by Crippen LogP contribution is -2.27. The Morgan fingerprint density at radius 3 is 2.69 bits per heavy atom. The molecule has 0 aliphatic carbocycles. The lowest BCUT2D eigenvalue weighted by molar-refractivity contribution is 0.0304. The van der Waals surface area contributed by atoms with E-state index in [1.165, 1.54) is 7.11 Å². The molecule has 0 heterocycles. The molecule has 1 atom stereocenters. The SMILES string of the molecule is COCC(F)(CCCN)c1ccccc1Cl. The molecule has 90 valence electrons. The molecule has 1 aromatic carbocycles. The molecule has 1 rings (SSSR count). The van der Waals surface area contributed by atoms with Crippen molar-refractivity contribution >= 4 is 11.6 Å². The second kappa shape index (κ2) is 6.18. The van der Waals surface area contributed by atoms with Gasteiger partial charge in [-0.05, 0) is 25.5 Å². The van der Waals surface area contributed by atoms with Crippen molar-refractivity contribution in [3.63, 3.8) is 0 Å². The number of hydrogen-bond acceptors (Lipinski definition) is 2. The van der Waals surface area contributed by atoms with E-state index < -0.39 is 5.67 Å². The van der Waals surface area contributed by atoms with Gasteiger partial charge in [0.05, 0.1) is 6.61 Å². The minimum Gasteiger partial charge on any atom is -0.381 e. The summed E-state index contributed by atoms with van der Waals surface area (Å²) in [4.78, 5) is 0. The summed E-state index contributed by atoms with van der Waals surface area (Å²) in [5, 5.41) is 0.430. The van der Waals surface area contributed by atoms with Crippen LogP contribution in [-0.2, 0) is 10.4 Å². The maximum Gasteiger partial charge on any atom is 0.160 e. The summed E-state index contributed by atoms with van der Waals surface area (Å²) in [6.45, 7) is 0.455. The molecule has 0 bridgehead atoms. The average Bonchev–Trinajstić information content (AvgIpc) is 2.27. The largest absolute Gasteiger partial charge is 0.381 e. The van der Waals surface area contributed by atoms with Gasteiger partial charge in [0.25, 0.3) is 0 Å². The molecule has 0 saturated heterocycles. The highest BCUT2D eigenvalue weighted by Crippen LogP contribution is 2.35. The third-order valence-electron chi connectivity index (χ3n) is 2.51. The van der Waals surface area contributed by atoms with Crippen LogP contribution in [0.25, 0.3) is 0 Å². The standard InChI is InChI=1S/C12H17ClFNO/c1-16-9-12(14,7-4-8-15)10-5-2-3-6-11(10)13/h2-3,5-6H,4,7-9,15H2,1H3. The first-order chi connectivity index (χ1) is 7.64. The van der Waals surface area contributed by atoms with Gasteiger partial charge in [-0.25, -0.2) is 4.39 Å². The molecular weight excluding hydrogens is 229 g/mol. The summed E-state index contributed by atoms with van der Waals surface area (Å²) >= 11 is 6.00. The number of rotatable bonds is 6. The van der Waals surface area contributed by atoms with Crippen molar-refractivity contribution < 1.29 is 9.13 Å². The van der Waals surface area contributed by atoms with E-state index in [4.69, 9.17) is 22.1 Å². The van der Waals surface area contributed by atoms with Crippen LogP contribution in [0.5, 0.6) is 0 Å². The van der Waals surface area contributed by atoms with Gasteiger partial charge in [-0.3, -0.25) is 0 Å². The maximum absolute atomic E-state index is 14.7. The highest BCUT2D eigenvalue weighted by Gasteiger charge is 2.33. The first-order valence-corrected chi connectivity index (χ1v) is 5.65. The van der Waals surface area contributed by atoms with Crippen LogP contribution in [0.1, 0.15) is 18.4 Å².